The fourth-order valence-corrected chi connectivity index (χ4v) is 5.22. The number of carbonyl (C=O) groups is 1. The Bertz CT molecular complexity index is 1490. The normalized spacial score (nSPS) is 11.5. The van der Waals surface area contributed by atoms with E-state index in [1.807, 2.05) is 60.6 Å². The van der Waals surface area contributed by atoms with Gasteiger partial charge in [0.25, 0.3) is 0 Å². The summed E-state index contributed by atoms with van der Waals surface area (Å²) in [6.07, 6.45) is 6.71. The Morgan fingerprint density at radius 1 is 1.00 bits per heavy atom. The SMILES string of the molecule is CCC(CC)C(=O)/C=C(\O)C(CC)CC.[C-]#[N+]c1c(C)ccc(-c2cnc(-c3[c-]c(C)cc(C(C)(C)C)c3)c(C)n2)c1C.[Ir]. The third-order valence-corrected chi connectivity index (χ3v) is 8.17. The number of aromatic nitrogens is 2. The summed E-state index contributed by atoms with van der Waals surface area (Å²) in [6.45, 7) is 30.1. The van der Waals surface area contributed by atoms with Crippen molar-refractivity contribution in [2.75, 3.05) is 0 Å². The summed E-state index contributed by atoms with van der Waals surface area (Å²) in [5.74, 6) is 0.547. The minimum absolute atomic E-state index is 0. The summed E-state index contributed by atoms with van der Waals surface area (Å²) in [4.78, 5) is 25.0. The first kappa shape index (κ1) is 38.9. The molecule has 6 heteroatoms. The van der Waals surface area contributed by atoms with E-state index in [4.69, 9.17) is 16.5 Å². The summed E-state index contributed by atoms with van der Waals surface area (Å²) >= 11 is 0. The number of carbonyl (C=O) groups excluding carboxylic acids is 1. The number of aliphatic hydroxyl groups is 1. The van der Waals surface area contributed by atoms with E-state index < -0.39 is 0 Å². The smallest absolute Gasteiger partial charge is 0.193 e. The second-order valence-corrected chi connectivity index (χ2v) is 12.4. The number of hydrogen-bond acceptors (Lipinski definition) is 4. The first-order valence-corrected chi connectivity index (χ1v) is 15.5. The molecule has 2 aromatic carbocycles. The van der Waals surface area contributed by atoms with Crippen LogP contribution in [0.25, 0.3) is 27.4 Å². The summed E-state index contributed by atoms with van der Waals surface area (Å²) in [6, 6.07) is 11.8. The van der Waals surface area contributed by atoms with E-state index >= 15 is 0 Å². The van der Waals surface area contributed by atoms with Gasteiger partial charge in [0.05, 0.1) is 18.0 Å². The molecular formula is C38H50IrN3O2-. The van der Waals surface area contributed by atoms with Crippen LogP contribution in [-0.2, 0) is 30.3 Å². The third kappa shape index (κ3) is 9.94. The number of allylic oxidation sites excluding steroid dienone is 2. The van der Waals surface area contributed by atoms with E-state index in [9.17, 15) is 9.90 Å². The minimum Gasteiger partial charge on any atom is -0.512 e. The number of benzene rings is 2. The first-order valence-electron chi connectivity index (χ1n) is 15.5. The second kappa shape index (κ2) is 17.4. The predicted molar refractivity (Wildman–Crippen MR) is 180 cm³/mol. The van der Waals surface area contributed by atoms with Crippen LogP contribution in [0.3, 0.4) is 0 Å². The van der Waals surface area contributed by atoms with Crippen LogP contribution in [0.2, 0.25) is 0 Å². The second-order valence-electron chi connectivity index (χ2n) is 12.4. The molecule has 0 spiro atoms. The standard InChI is InChI=1S/C25H26N3.C13H24O2.Ir/c1-15-11-19(13-20(12-15)25(5,6)7)24-18(4)28-22(14-27-24)21-10-9-16(2)23(26-8)17(21)3;1-5-10(6-2)12(14)9-13(15)11(7-3)8-4;/h9-10,12-14H,1-7H3;9-11,14H,5-8H2,1-4H3;/q-1;;/b;12-9-;. The molecule has 0 unspecified atom stereocenters. The molecule has 44 heavy (non-hydrogen) atoms. The van der Waals surface area contributed by atoms with E-state index in [1.54, 1.807) is 6.20 Å². The van der Waals surface area contributed by atoms with E-state index in [1.165, 1.54) is 11.6 Å². The number of rotatable bonds is 9. The van der Waals surface area contributed by atoms with Crippen LogP contribution < -0.4 is 0 Å². The topological polar surface area (TPSA) is 67.4 Å². The van der Waals surface area contributed by atoms with E-state index in [2.05, 4.69) is 50.7 Å². The Balaban J connectivity index is 0.000000519. The molecule has 239 valence electrons. The van der Waals surface area contributed by atoms with Gasteiger partial charge in [0.2, 0.25) is 0 Å². The average molecular weight is 773 g/mol. The fraction of sp³-hybridized carbons (Fsp3) is 0.474. The van der Waals surface area contributed by atoms with Crippen LogP contribution >= 0.6 is 0 Å². The van der Waals surface area contributed by atoms with Gasteiger partial charge in [0.15, 0.2) is 11.5 Å². The van der Waals surface area contributed by atoms with Crippen molar-refractivity contribution in [1.29, 1.82) is 0 Å². The zero-order valence-electron chi connectivity index (χ0n) is 28.5. The molecule has 0 fully saturated rings. The Morgan fingerprint density at radius 3 is 2.09 bits per heavy atom. The Hall–Kier alpha value is -3.13. The molecule has 3 aromatic rings. The largest absolute Gasteiger partial charge is 0.512 e. The van der Waals surface area contributed by atoms with E-state index in [0.717, 1.165) is 70.6 Å². The molecule has 0 aliphatic rings. The van der Waals surface area contributed by atoms with Crippen molar-refractivity contribution in [3.63, 3.8) is 0 Å². The summed E-state index contributed by atoms with van der Waals surface area (Å²) in [7, 11) is 0. The summed E-state index contributed by atoms with van der Waals surface area (Å²) < 4.78 is 0. The van der Waals surface area contributed by atoms with Gasteiger partial charge in [-0.05, 0) is 68.6 Å². The molecule has 5 nitrogen and oxygen atoms in total. The van der Waals surface area contributed by atoms with E-state index in [0.29, 0.717) is 5.69 Å². The molecule has 0 atom stereocenters. The van der Waals surface area contributed by atoms with Gasteiger partial charge in [-0.25, -0.2) is 4.85 Å². The Kier molecular flexibility index (Phi) is 15.4. The Morgan fingerprint density at radius 2 is 1.59 bits per heavy atom. The number of aryl methyl sites for hydroxylation is 3. The number of nitrogens with zero attached hydrogens (tertiary/aromatic N) is 3. The van der Waals surface area contributed by atoms with Gasteiger partial charge in [0, 0.05) is 55.6 Å². The van der Waals surface area contributed by atoms with Gasteiger partial charge in [-0.1, -0.05) is 67.5 Å². The van der Waals surface area contributed by atoms with Gasteiger partial charge in [-0.2, -0.15) is 0 Å². The van der Waals surface area contributed by atoms with Crippen LogP contribution in [0.5, 0.6) is 0 Å². The molecule has 1 aromatic heterocycles. The fourth-order valence-electron chi connectivity index (χ4n) is 5.22. The third-order valence-electron chi connectivity index (χ3n) is 8.17. The monoisotopic (exact) mass is 773 g/mol. The molecule has 0 aliphatic heterocycles. The van der Waals surface area contributed by atoms with Gasteiger partial charge in [-0.15, -0.1) is 34.9 Å². The van der Waals surface area contributed by atoms with Crippen LogP contribution in [0.1, 0.15) is 102 Å². The van der Waals surface area contributed by atoms with Crippen molar-refractivity contribution in [3.8, 4) is 22.5 Å². The zero-order valence-corrected chi connectivity index (χ0v) is 30.9. The molecule has 1 radical (unpaired) electrons. The van der Waals surface area contributed by atoms with Crippen molar-refractivity contribution in [2.45, 2.75) is 107 Å². The zero-order chi connectivity index (χ0) is 32.5. The van der Waals surface area contributed by atoms with Gasteiger partial charge < -0.3 is 10.1 Å². The predicted octanol–water partition coefficient (Wildman–Crippen LogP) is 10.6. The van der Waals surface area contributed by atoms with Crippen LogP contribution in [0, 0.1) is 52.2 Å². The quantitative estimate of drug-likeness (QED) is 0.134. The maximum absolute atomic E-state index is 11.7. The summed E-state index contributed by atoms with van der Waals surface area (Å²) in [5.41, 5.74) is 9.52. The van der Waals surface area contributed by atoms with Crippen LogP contribution in [0.15, 0.2) is 42.3 Å². The average Bonchev–Trinajstić information content (AvgIpc) is 2.94. The van der Waals surface area contributed by atoms with Crippen LogP contribution in [-0.4, -0.2) is 20.9 Å². The Labute approximate surface area is 279 Å². The van der Waals surface area contributed by atoms with Crippen molar-refractivity contribution in [3.05, 3.63) is 87.7 Å². The van der Waals surface area contributed by atoms with E-state index in [-0.39, 0.29) is 48.9 Å². The summed E-state index contributed by atoms with van der Waals surface area (Å²) in [5, 5.41) is 9.76. The van der Waals surface area contributed by atoms with Crippen molar-refractivity contribution in [2.24, 2.45) is 11.8 Å². The molecule has 0 aliphatic carbocycles. The molecular weight excluding hydrogens is 723 g/mol. The van der Waals surface area contributed by atoms with Crippen molar-refractivity contribution < 1.29 is 30.0 Å². The molecule has 0 amide bonds. The van der Waals surface area contributed by atoms with Crippen LogP contribution in [0.4, 0.5) is 5.69 Å². The molecule has 1 N–H and O–H groups in total. The maximum atomic E-state index is 11.7. The minimum atomic E-state index is 0. The van der Waals surface area contributed by atoms with Gasteiger partial charge in [0.1, 0.15) is 0 Å². The van der Waals surface area contributed by atoms with Crippen molar-refractivity contribution in [1.82, 2.24) is 9.97 Å². The number of ketones is 1. The first-order chi connectivity index (χ1) is 20.2. The van der Waals surface area contributed by atoms with Crippen molar-refractivity contribution >= 4 is 11.5 Å². The molecule has 0 bridgehead atoms. The van der Waals surface area contributed by atoms with Gasteiger partial charge in [-0.3, -0.25) is 9.78 Å². The maximum Gasteiger partial charge on any atom is 0.193 e. The molecule has 1 heterocycles. The molecule has 3 rings (SSSR count). The number of hydrogen-bond donors (Lipinski definition) is 1. The molecule has 0 saturated carbocycles. The number of aliphatic hydroxyl groups excluding tert-OH is 1. The van der Waals surface area contributed by atoms with Gasteiger partial charge >= 0.3 is 0 Å². The molecule has 0 saturated heterocycles.